The monoisotopic (exact) mass is 395 g/mol. The first kappa shape index (κ1) is 20.5. The third-order valence-electron chi connectivity index (χ3n) is 5.16. The van der Waals surface area contributed by atoms with Gasteiger partial charge >= 0.3 is 6.18 Å². The minimum atomic E-state index is -4.12. The number of H-pyrrole nitrogens is 1. The van der Waals surface area contributed by atoms with Crippen LogP contribution < -0.4 is 10.6 Å². The van der Waals surface area contributed by atoms with Crippen LogP contribution >= 0.6 is 0 Å². The van der Waals surface area contributed by atoms with Gasteiger partial charge in [-0.15, -0.1) is 0 Å². The first-order chi connectivity index (χ1) is 13.3. The Hall–Kier alpha value is -2.22. The number of guanidine groups is 1. The van der Waals surface area contributed by atoms with Crippen LogP contribution in [0, 0.1) is 12.8 Å². The molecule has 0 amide bonds. The molecule has 1 unspecified atom stereocenters. The van der Waals surface area contributed by atoms with Gasteiger partial charge in [-0.1, -0.05) is 12.1 Å². The molecule has 1 aromatic carbocycles. The highest BCUT2D eigenvalue weighted by Crippen LogP contribution is 2.22. The first-order valence-corrected chi connectivity index (χ1v) is 9.64. The fourth-order valence-corrected chi connectivity index (χ4v) is 3.76. The van der Waals surface area contributed by atoms with E-state index in [0.717, 1.165) is 24.9 Å². The van der Waals surface area contributed by atoms with Gasteiger partial charge in [0.2, 0.25) is 0 Å². The van der Waals surface area contributed by atoms with Gasteiger partial charge < -0.3 is 15.6 Å². The Balaban J connectivity index is 1.41. The van der Waals surface area contributed by atoms with Crippen LogP contribution in [0.2, 0.25) is 0 Å². The molecule has 1 aliphatic rings. The highest BCUT2D eigenvalue weighted by atomic mass is 19.4. The Kier molecular flexibility index (Phi) is 6.49. The van der Waals surface area contributed by atoms with Crippen molar-refractivity contribution in [3.63, 3.8) is 0 Å². The topological polar surface area (TPSA) is 55.5 Å². The zero-order valence-electron chi connectivity index (χ0n) is 16.4. The van der Waals surface area contributed by atoms with Crippen molar-refractivity contribution in [2.24, 2.45) is 10.9 Å². The van der Waals surface area contributed by atoms with Crippen LogP contribution in [0.4, 0.5) is 13.2 Å². The van der Waals surface area contributed by atoms with Gasteiger partial charge in [0.1, 0.15) is 0 Å². The Morgan fingerprint density at radius 1 is 1.32 bits per heavy atom. The number of likely N-dealkylation sites (tertiary alicyclic amines) is 1. The number of nitrogens with one attached hydrogen (secondary N) is 3. The van der Waals surface area contributed by atoms with E-state index in [1.54, 1.807) is 7.05 Å². The number of rotatable bonds is 6. The molecule has 3 N–H and O–H groups in total. The quantitative estimate of drug-likeness (QED) is 0.521. The average molecular weight is 395 g/mol. The van der Waals surface area contributed by atoms with Gasteiger partial charge in [0, 0.05) is 43.8 Å². The average Bonchev–Trinajstić information content (AvgIpc) is 3.23. The Labute approximate surface area is 163 Å². The zero-order chi connectivity index (χ0) is 20.1. The summed E-state index contributed by atoms with van der Waals surface area (Å²) in [5.74, 6) is 0.891. The lowest BCUT2D eigenvalue weighted by molar-refractivity contribution is -0.143. The summed E-state index contributed by atoms with van der Waals surface area (Å²) in [5, 5.41) is 7.76. The van der Waals surface area contributed by atoms with Crippen LogP contribution in [0.5, 0.6) is 0 Å². The number of hydrogen-bond donors (Lipinski definition) is 3. The molecule has 1 saturated heterocycles. The summed E-state index contributed by atoms with van der Waals surface area (Å²) in [4.78, 5) is 8.99. The molecule has 1 fully saturated rings. The standard InChI is InChI=1S/C20H28F3N5/c1-14-3-4-17-16(11-26-18(17)9-14)5-7-25-19(24-2)27-10-15-6-8-28(12-15)13-20(21,22)23/h3-4,9,11,15,26H,5-8,10,12-13H2,1-2H3,(H2,24,25,27). The van der Waals surface area contributed by atoms with Crippen LogP contribution in [0.15, 0.2) is 29.4 Å². The number of hydrogen-bond acceptors (Lipinski definition) is 2. The van der Waals surface area contributed by atoms with E-state index >= 15 is 0 Å². The Bertz CT molecular complexity index is 812. The molecule has 5 nitrogen and oxygen atoms in total. The van der Waals surface area contributed by atoms with Gasteiger partial charge in [0.15, 0.2) is 5.96 Å². The van der Waals surface area contributed by atoms with E-state index in [-0.39, 0.29) is 5.92 Å². The number of aromatic amines is 1. The van der Waals surface area contributed by atoms with E-state index in [2.05, 4.69) is 45.7 Å². The predicted octanol–water partition coefficient (Wildman–Crippen LogP) is 3.07. The molecule has 0 spiro atoms. The van der Waals surface area contributed by atoms with Crippen molar-refractivity contribution < 1.29 is 13.2 Å². The van der Waals surface area contributed by atoms with Crippen molar-refractivity contribution >= 4 is 16.9 Å². The molecule has 1 atom stereocenters. The van der Waals surface area contributed by atoms with Gasteiger partial charge in [-0.05, 0) is 49.4 Å². The number of aromatic nitrogens is 1. The lowest BCUT2D eigenvalue weighted by Crippen LogP contribution is -2.41. The van der Waals surface area contributed by atoms with Crippen molar-refractivity contribution in [1.82, 2.24) is 20.5 Å². The number of benzene rings is 1. The van der Waals surface area contributed by atoms with Gasteiger partial charge in [-0.2, -0.15) is 13.2 Å². The maximum absolute atomic E-state index is 12.5. The predicted molar refractivity (Wildman–Crippen MR) is 107 cm³/mol. The van der Waals surface area contributed by atoms with Crippen molar-refractivity contribution in [3.05, 3.63) is 35.5 Å². The number of alkyl halides is 3. The second-order valence-electron chi connectivity index (χ2n) is 7.50. The summed E-state index contributed by atoms with van der Waals surface area (Å²) in [5.41, 5.74) is 3.61. The minimum Gasteiger partial charge on any atom is -0.361 e. The molecule has 0 radical (unpaired) electrons. The molecule has 0 aliphatic carbocycles. The third kappa shape index (κ3) is 5.64. The largest absolute Gasteiger partial charge is 0.401 e. The number of aliphatic imine (C=N–C) groups is 1. The molecule has 8 heteroatoms. The highest BCUT2D eigenvalue weighted by Gasteiger charge is 2.34. The summed E-state index contributed by atoms with van der Waals surface area (Å²) in [6.07, 6.45) is -0.460. The molecule has 0 saturated carbocycles. The molecular formula is C20H28F3N5. The Morgan fingerprint density at radius 2 is 2.14 bits per heavy atom. The van der Waals surface area contributed by atoms with Crippen LogP contribution in [0.1, 0.15) is 17.5 Å². The summed E-state index contributed by atoms with van der Waals surface area (Å²) in [6, 6.07) is 6.38. The maximum Gasteiger partial charge on any atom is 0.401 e. The molecule has 1 aromatic heterocycles. The molecule has 3 rings (SSSR count). The molecular weight excluding hydrogens is 367 g/mol. The van der Waals surface area contributed by atoms with Crippen LogP contribution in [0.25, 0.3) is 10.9 Å². The molecule has 154 valence electrons. The number of fused-ring (bicyclic) bond motifs is 1. The first-order valence-electron chi connectivity index (χ1n) is 9.64. The summed E-state index contributed by atoms with van der Waals surface area (Å²) in [6.45, 7) is 3.58. The minimum absolute atomic E-state index is 0.206. The second-order valence-corrected chi connectivity index (χ2v) is 7.50. The fraction of sp³-hybridized carbons (Fsp3) is 0.550. The van der Waals surface area contributed by atoms with Gasteiger partial charge in [0.25, 0.3) is 0 Å². The summed E-state index contributed by atoms with van der Waals surface area (Å²) >= 11 is 0. The van der Waals surface area contributed by atoms with Crippen molar-refractivity contribution in [1.29, 1.82) is 0 Å². The molecule has 0 bridgehead atoms. The summed E-state index contributed by atoms with van der Waals surface area (Å²) in [7, 11) is 1.70. The fourth-order valence-electron chi connectivity index (χ4n) is 3.76. The second kappa shape index (κ2) is 8.86. The van der Waals surface area contributed by atoms with E-state index < -0.39 is 12.7 Å². The molecule has 28 heavy (non-hydrogen) atoms. The highest BCUT2D eigenvalue weighted by molar-refractivity contribution is 5.84. The normalized spacial score (nSPS) is 18.8. The smallest absolute Gasteiger partial charge is 0.361 e. The number of halogens is 3. The van der Waals surface area contributed by atoms with Crippen molar-refractivity contribution in [2.75, 3.05) is 39.8 Å². The van der Waals surface area contributed by atoms with Crippen LogP contribution in [-0.2, 0) is 6.42 Å². The zero-order valence-corrected chi connectivity index (χ0v) is 16.4. The van der Waals surface area contributed by atoms with Crippen LogP contribution in [0.3, 0.4) is 0 Å². The maximum atomic E-state index is 12.5. The van der Waals surface area contributed by atoms with Crippen molar-refractivity contribution in [3.8, 4) is 0 Å². The van der Waals surface area contributed by atoms with Gasteiger partial charge in [-0.3, -0.25) is 9.89 Å². The molecule has 1 aliphatic heterocycles. The SMILES string of the molecule is CN=C(NCCc1c[nH]c2cc(C)ccc12)NCC1CCN(CC(F)(F)F)C1. The van der Waals surface area contributed by atoms with E-state index in [4.69, 9.17) is 0 Å². The lowest BCUT2D eigenvalue weighted by Gasteiger charge is -2.18. The van der Waals surface area contributed by atoms with E-state index in [0.29, 0.717) is 25.6 Å². The van der Waals surface area contributed by atoms with Gasteiger partial charge in [0.05, 0.1) is 6.54 Å². The summed E-state index contributed by atoms with van der Waals surface area (Å²) < 4.78 is 37.5. The van der Waals surface area contributed by atoms with Crippen LogP contribution in [-0.4, -0.2) is 61.8 Å². The lowest BCUT2D eigenvalue weighted by atomic mass is 10.1. The molecule has 2 heterocycles. The van der Waals surface area contributed by atoms with Crippen molar-refractivity contribution in [2.45, 2.75) is 25.9 Å². The third-order valence-corrected chi connectivity index (χ3v) is 5.16. The number of aryl methyl sites for hydroxylation is 1. The van der Waals surface area contributed by atoms with E-state index in [9.17, 15) is 13.2 Å². The number of nitrogens with zero attached hydrogens (tertiary/aromatic N) is 2. The Morgan fingerprint density at radius 3 is 2.89 bits per heavy atom. The van der Waals surface area contributed by atoms with E-state index in [1.165, 1.54) is 21.4 Å². The molecule has 2 aromatic rings. The van der Waals surface area contributed by atoms with Gasteiger partial charge in [-0.25, -0.2) is 0 Å². The van der Waals surface area contributed by atoms with E-state index in [1.807, 2.05) is 6.20 Å².